The zero-order chi connectivity index (χ0) is 21.8. The number of rotatable bonds is 8. The van der Waals surface area contributed by atoms with Gasteiger partial charge >= 0.3 is 0 Å². The third-order valence-corrected chi connectivity index (χ3v) is 5.38. The Morgan fingerprint density at radius 2 is 1.94 bits per heavy atom. The fraction of sp³-hybridized carbons (Fsp3) is 0.174. The van der Waals surface area contributed by atoms with E-state index in [1.54, 1.807) is 6.33 Å². The van der Waals surface area contributed by atoms with E-state index >= 15 is 0 Å². The minimum Gasteiger partial charge on any atom is -0.488 e. The van der Waals surface area contributed by atoms with Gasteiger partial charge < -0.3 is 15.2 Å². The zero-order valence-electron chi connectivity index (χ0n) is 16.4. The molecule has 1 unspecified atom stereocenters. The molecule has 1 heterocycles. The Bertz CT molecular complexity index is 1200. The number of hydrogen-bond acceptors (Lipinski definition) is 4. The average molecular weight is 460 g/mol. The second-order valence-electron chi connectivity index (χ2n) is 7.05. The fourth-order valence-electron chi connectivity index (χ4n) is 3.20. The van der Waals surface area contributed by atoms with Crippen LogP contribution < -0.4 is 10.1 Å². The second-order valence-corrected chi connectivity index (χ2v) is 7.89. The van der Waals surface area contributed by atoms with Crippen molar-refractivity contribution in [2.75, 3.05) is 13.2 Å². The van der Waals surface area contributed by atoms with Gasteiger partial charge in [0.2, 0.25) is 0 Å². The summed E-state index contributed by atoms with van der Waals surface area (Å²) in [7, 11) is 0. The normalized spacial score (nSPS) is 12.3. The first-order valence-electron chi connectivity index (χ1n) is 9.69. The zero-order valence-corrected chi connectivity index (χ0v) is 17.9. The Labute approximate surface area is 189 Å². The standard InChI is InChI=1S/C23H20Cl2FN3O2/c24-16-6-8-23(20(26)9-16)31-13-18(30)12-27-11-15-5-7-17(10-19(15)25)29-14-28-21-3-1-2-4-22(21)29/h1-10,14,18,27,30H,11-13H2. The van der Waals surface area contributed by atoms with E-state index in [0.717, 1.165) is 22.3 Å². The summed E-state index contributed by atoms with van der Waals surface area (Å²) >= 11 is 12.2. The SMILES string of the molecule is OC(CNCc1ccc(-n2cnc3ccccc32)cc1Cl)COc1ccc(Cl)cc1F. The highest BCUT2D eigenvalue weighted by Gasteiger charge is 2.10. The number of nitrogens with one attached hydrogen (secondary N) is 1. The van der Waals surface area contributed by atoms with Gasteiger partial charge in [-0.05, 0) is 48.0 Å². The summed E-state index contributed by atoms with van der Waals surface area (Å²) in [4.78, 5) is 4.40. The molecule has 5 nitrogen and oxygen atoms in total. The molecule has 0 bridgehead atoms. The quantitative estimate of drug-likeness (QED) is 0.389. The molecule has 0 radical (unpaired) electrons. The lowest BCUT2D eigenvalue weighted by Crippen LogP contribution is -2.31. The Morgan fingerprint density at radius 3 is 2.74 bits per heavy atom. The Hall–Kier alpha value is -2.64. The van der Waals surface area contributed by atoms with Crippen molar-refractivity contribution in [1.29, 1.82) is 0 Å². The fourth-order valence-corrected chi connectivity index (χ4v) is 3.61. The van der Waals surface area contributed by atoms with E-state index in [9.17, 15) is 9.50 Å². The van der Waals surface area contributed by atoms with Gasteiger partial charge in [0.15, 0.2) is 11.6 Å². The molecule has 2 N–H and O–H groups in total. The van der Waals surface area contributed by atoms with Crippen LogP contribution in [0.3, 0.4) is 0 Å². The van der Waals surface area contributed by atoms with Crippen LogP contribution in [0.4, 0.5) is 4.39 Å². The van der Waals surface area contributed by atoms with Crippen LogP contribution in [0.2, 0.25) is 10.0 Å². The molecule has 0 fully saturated rings. The predicted molar refractivity (Wildman–Crippen MR) is 121 cm³/mol. The van der Waals surface area contributed by atoms with Gasteiger partial charge in [0.05, 0.1) is 11.0 Å². The lowest BCUT2D eigenvalue weighted by molar-refractivity contribution is 0.104. The van der Waals surface area contributed by atoms with Crippen molar-refractivity contribution >= 4 is 34.2 Å². The van der Waals surface area contributed by atoms with E-state index in [4.69, 9.17) is 27.9 Å². The number of imidazole rings is 1. The van der Waals surface area contributed by atoms with Gasteiger partial charge in [-0.15, -0.1) is 0 Å². The van der Waals surface area contributed by atoms with Gasteiger partial charge in [-0.2, -0.15) is 0 Å². The number of hydrogen-bond donors (Lipinski definition) is 2. The number of halogens is 3. The number of nitrogens with zero attached hydrogens (tertiary/aromatic N) is 2. The van der Waals surface area contributed by atoms with E-state index in [0.29, 0.717) is 11.6 Å². The Balaban J connectivity index is 1.31. The highest BCUT2D eigenvalue weighted by molar-refractivity contribution is 6.31. The molecule has 0 saturated carbocycles. The molecule has 8 heteroatoms. The molecule has 0 amide bonds. The van der Waals surface area contributed by atoms with Crippen molar-refractivity contribution in [3.05, 3.63) is 88.4 Å². The van der Waals surface area contributed by atoms with E-state index in [2.05, 4.69) is 10.3 Å². The monoisotopic (exact) mass is 459 g/mol. The highest BCUT2D eigenvalue weighted by atomic mass is 35.5. The van der Waals surface area contributed by atoms with Gasteiger partial charge in [0, 0.05) is 28.8 Å². The minimum absolute atomic E-state index is 0.0497. The number of aliphatic hydroxyl groups is 1. The average Bonchev–Trinajstić information content (AvgIpc) is 3.18. The van der Waals surface area contributed by atoms with Crippen LogP contribution in [0.15, 0.2) is 67.0 Å². The topological polar surface area (TPSA) is 59.3 Å². The van der Waals surface area contributed by atoms with Gasteiger partial charge in [0.25, 0.3) is 0 Å². The molecule has 0 aliphatic carbocycles. The third kappa shape index (κ3) is 5.17. The summed E-state index contributed by atoms with van der Waals surface area (Å²) in [6, 6.07) is 17.8. The summed E-state index contributed by atoms with van der Waals surface area (Å²) in [6.07, 6.45) is 0.958. The maximum absolute atomic E-state index is 13.7. The minimum atomic E-state index is -0.814. The first-order chi connectivity index (χ1) is 15.0. The van der Waals surface area contributed by atoms with Crippen LogP contribution in [0.25, 0.3) is 16.7 Å². The van der Waals surface area contributed by atoms with E-state index in [1.165, 1.54) is 18.2 Å². The summed E-state index contributed by atoms with van der Waals surface area (Å²) < 4.78 is 21.0. The predicted octanol–water partition coefficient (Wildman–Crippen LogP) is 5.00. The van der Waals surface area contributed by atoms with Gasteiger partial charge in [-0.25, -0.2) is 9.37 Å². The number of fused-ring (bicyclic) bond motifs is 1. The Morgan fingerprint density at radius 1 is 1.10 bits per heavy atom. The summed E-state index contributed by atoms with van der Waals surface area (Å²) in [5.74, 6) is -0.515. The van der Waals surface area contributed by atoms with Crippen LogP contribution in [-0.4, -0.2) is 33.9 Å². The highest BCUT2D eigenvalue weighted by Crippen LogP contribution is 2.24. The van der Waals surface area contributed by atoms with Crippen LogP contribution >= 0.6 is 23.2 Å². The van der Waals surface area contributed by atoms with E-state index in [-0.39, 0.29) is 23.9 Å². The molecular formula is C23H20Cl2FN3O2. The molecular weight excluding hydrogens is 440 g/mol. The first-order valence-corrected chi connectivity index (χ1v) is 10.4. The molecule has 3 aromatic carbocycles. The molecule has 0 aliphatic heterocycles. The molecule has 4 aromatic rings. The van der Waals surface area contributed by atoms with Crippen LogP contribution in [0.5, 0.6) is 5.75 Å². The smallest absolute Gasteiger partial charge is 0.166 e. The van der Waals surface area contributed by atoms with Crippen molar-refractivity contribution in [2.24, 2.45) is 0 Å². The maximum Gasteiger partial charge on any atom is 0.166 e. The second kappa shape index (κ2) is 9.66. The molecule has 0 saturated heterocycles. The number of para-hydroxylation sites is 2. The van der Waals surface area contributed by atoms with Crippen LogP contribution in [-0.2, 0) is 6.54 Å². The molecule has 4 rings (SSSR count). The number of ether oxygens (including phenoxy) is 1. The number of aliphatic hydroxyl groups excluding tert-OH is 1. The number of aromatic nitrogens is 2. The third-order valence-electron chi connectivity index (χ3n) is 4.79. The van der Waals surface area contributed by atoms with Crippen molar-refractivity contribution in [2.45, 2.75) is 12.6 Å². The number of benzene rings is 3. The Kier molecular flexibility index (Phi) is 6.73. The summed E-state index contributed by atoms with van der Waals surface area (Å²) in [5, 5.41) is 14.1. The summed E-state index contributed by atoms with van der Waals surface area (Å²) in [5.41, 5.74) is 3.73. The molecule has 0 aliphatic rings. The summed E-state index contributed by atoms with van der Waals surface area (Å²) in [6.45, 7) is 0.682. The van der Waals surface area contributed by atoms with Crippen molar-refractivity contribution in [3.8, 4) is 11.4 Å². The van der Waals surface area contributed by atoms with Crippen molar-refractivity contribution < 1.29 is 14.2 Å². The van der Waals surface area contributed by atoms with E-state index in [1.807, 2.05) is 47.0 Å². The largest absolute Gasteiger partial charge is 0.488 e. The van der Waals surface area contributed by atoms with Crippen LogP contribution in [0.1, 0.15) is 5.56 Å². The molecule has 31 heavy (non-hydrogen) atoms. The van der Waals surface area contributed by atoms with Crippen LogP contribution in [0, 0.1) is 5.82 Å². The van der Waals surface area contributed by atoms with Crippen molar-refractivity contribution in [3.63, 3.8) is 0 Å². The van der Waals surface area contributed by atoms with Gasteiger partial charge in [-0.1, -0.05) is 41.4 Å². The maximum atomic E-state index is 13.7. The van der Waals surface area contributed by atoms with E-state index < -0.39 is 11.9 Å². The molecule has 160 valence electrons. The van der Waals surface area contributed by atoms with Gasteiger partial charge in [0.1, 0.15) is 19.0 Å². The first kappa shape index (κ1) is 21.6. The molecule has 1 atom stereocenters. The lowest BCUT2D eigenvalue weighted by Gasteiger charge is -2.14. The molecule has 1 aromatic heterocycles. The van der Waals surface area contributed by atoms with Gasteiger partial charge in [-0.3, -0.25) is 4.57 Å². The van der Waals surface area contributed by atoms with Crippen molar-refractivity contribution in [1.82, 2.24) is 14.9 Å². The lowest BCUT2D eigenvalue weighted by atomic mass is 10.2. The molecule has 0 spiro atoms.